The van der Waals surface area contributed by atoms with Crippen molar-refractivity contribution in [2.75, 3.05) is 10.8 Å². The fourth-order valence-corrected chi connectivity index (χ4v) is 4.00. The summed E-state index contributed by atoms with van der Waals surface area (Å²) in [6, 6.07) is 0. The van der Waals surface area contributed by atoms with E-state index in [0.29, 0.717) is 5.78 Å². The second-order valence-corrected chi connectivity index (χ2v) is 7.26. The van der Waals surface area contributed by atoms with E-state index in [1.54, 1.807) is 6.92 Å². The number of unbranched alkanes of at least 4 members (excludes halogenated alkanes) is 5. The third kappa shape index (κ3) is 11.2. The van der Waals surface area contributed by atoms with E-state index in [9.17, 15) is 4.79 Å². The fraction of sp³-hybridized carbons (Fsp3) is 0.929. The molecule has 0 radical (unpaired) electrons. The van der Waals surface area contributed by atoms with Gasteiger partial charge in [0.25, 0.3) is 0 Å². The Morgan fingerprint density at radius 2 is 1.71 bits per heavy atom. The van der Waals surface area contributed by atoms with Crippen LogP contribution in [0, 0.1) is 0 Å². The molecule has 0 aromatic rings. The predicted molar refractivity (Wildman–Crippen MR) is 83.1 cm³/mol. The van der Waals surface area contributed by atoms with E-state index in [1.807, 2.05) is 23.5 Å². The van der Waals surface area contributed by atoms with Gasteiger partial charge in [-0.15, -0.1) is 11.8 Å². The first-order chi connectivity index (χ1) is 8.22. The highest BCUT2D eigenvalue weighted by molar-refractivity contribution is 8.16. The summed E-state index contributed by atoms with van der Waals surface area (Å²) in [7, 11) is 0. The summed E-state index contributed by atoms with van der Waals surface area (Å²) < 4.78 is 0. The standard InChI is InChI=1S/C14H28OS2/c1-4-6-7-8-9-10-11-14(13(3)15)17-12-16-5-2/h14H,4-12H2,1-3H3. The van der Waals surface area contributed by atoms with Gasteiger partial charge in [-0.2, -0.15) is 11.8 Å². The van der Waals surface area contributed by atoms with Gasteiger partial charge in [-0.3, -0.25) is 4.79 Å². The Bertz CT molecular complexity index is 183. The van der Waals surface area contributed by atoms with Gasteiger partial charge >= 0.3 is 0 Å². The van der Waals surface area contributed by atoms with Crippen LogP contribution in [-0.2, 0) is 4.79 Å². The molecule has 1 unspecified atom stereocenters. The third-order valence-corrected chi connectivity index (χ3v) is 5.42. The number of hydrogen-bond acceptors (Lipinski definition) is 3. The van der Waals surface area contributed by atoms with Crippen LogP contribution >= 0.6 is 23.5 Å². The number of hydrogen-bond donors (Lipinski definition) is 0. The first-order valence-electron chi connectivity index (χ1n) is 6.92. The molecule has 0 spiro atoms. The average Bonchev–Trinajstić information content (AvgIpc) is 2.31. The molecule has 0 aliphatic rings. The lowest BCUT2D eigenvalue weighted by molar-refractivity contribution is -0.116. The summed E-state index contributed by atoms with van der Waals surface area (Å²) in [5, 5.41) is 1.32. The third-order valence-electron chi connectivity index (χ3n) is 2.83. The molecule has 102 valence electrons. The fourth-order valence-electron chi connectivity index (χ4n) is 1.73. The first-order valence-corrected chi connectivity index (χ1v) is 9.12. The van der Waals surface area contributed by atoms with E-state index in [4.69, 9.17) is 0 Å². The van der Waals surface area contributed by atoms with Crippen LogP contribution in [0.5, 0.6) is 0 Å². The summed E-state index contributed by atoms with van der Waals surface area (Å²) in [5.74, 6) is 1.51. The van der Waals surface area contributed by atoms with Crippen molar-refractivity contribution < 1.29 is 4.79 Å². The van der Waals surface area contributed by atoms with Crippen LogP contribution in [0.4, 0.5) is 0 Å². The Kier molecular flexibility index (Phi) is 13.1. The zero-order valence-electron chi connectivity index (χ0n) is 11.7. The van der Waals surface area contributed by atoms with E-state index in [2.05, 4.69) is 13.8 Å². The van der Waals surface area contributed by atoms with Crippen molar-refractivity contribution in [1.29, 1.82) is 0 Å². The van der Waals surface area contributed by atoms with E-state index >= 15 is 0 Å². The highest BCUT2D eigenvalue weighted by Gasteiger charge is 2.13. The highest BCUT2D eigenvalue weighted by atomic mass is 32.2. The number of carbonyl (C=O) groups excluding carboxylic acids is 1. The quantitative estimate of drug-likeness (QED) is 0.363. The van der Waals surface area contributed by atoms with Crippen LogP contribution < -0.4 is 0 Å². The molecule has 0 aromatic heterocycles. The van der Waals surface area contributed by atoms with Crippen molar-refractivity contribution in [3.63, 3.8) is 0 Å². The smallest absolute Gasteiger partial charge is 0.142 e. The number of rotatable bonds is 12. The Morgan fingerprint density at radius 3 is 2.29 bits per heavy atom. The maximum absolute atomic E-state index is 11.5. The van der Waals surface area contributed by atoms with Crippen LogP contribution in [0.2, 0.25) is 0 Å². The molecule has 0 rings (SSSR count). The Balaban J connectivity index is 3.52. The van der Waals surface area contributed by atoms with Crippen molar-refractivity contribution in [3.05, 3.63) is 0 Å². The summed E-state index contributed by atoms with van der Waals surface area (Å²) in [5.41, 5.74) is 0. The van der Waals surface area contributed by atoms with Gasteiger partial charge in [0, 0.05) is 5.08 Å². The summed E-state index contributed by atoms with van der Waals surface area (Å²) in [6.45, 7) is 6.15. The number of Topliss-reactive ketones (excluding diaryl/α,β-unsaturated/α-hetero) is 1. The van der Waals surface area contributed by atoms with E-state index < -0.39 is 0 Å². The second-order valence-electron chi connectivity index (χ2n) is 4.43. The van der Waals surface area contributed by atoms with E-state index in [0.717, 1.165) is 17.3 Å². The van der Waals surface area contributed by atoms with Gasteiger partial charge in [-0.1, -0.05) is 52.4 Å². The monoisotopic (exact) mass is 276 g/mol. The minimum atomic E-state index is 0.250. The van der Waals surface area contributed by atoms with E-state index in [-0.39, 0.29) is 5.25 Å². The van der Waals surface area contributed by atoms with Gasteiger partial charge in [-0.05, 0) is 19.1 Å². The van der Waals surface area contributed by atoms with Gasteiger partial charge in [0.1, 0.15) is 5.78 Å². The summed E-state index contributed by atoms with van der Waals surface area (Å²) in [4.78, 5) is 11.5. The lowest BCUT2D eigenvalue weighted by Gasteiger charge is -2.12. The lowest BCUT2D eigenvalue weighted by atomic mass is 10.1. The molecular weight excluding hydrogens is 248 g/mol. The number of ketones is 1. The zero-order valence-corrected chi connectivity index (χ0v) is 13.3. The van der Waals surface area contributed by atoms with Crippen LogP contribution in [0.25, 0.3) is 0 Å². The summed E-state index contributed by atoms with van der Waals surface area (Å²) >= 11 is 3.75. The Morgan fingerprint density at radius 1 is 1.06 bits per heavy atom. The molecule has 1 atom stereocenters. The van der Waals surface area contributed by atoms with Crippen LogP contribution in [0.15, 0.2) is 0 Å². The normalized spacial score (nSPS) is 12.6. The molecule has 1 nitrogen and oxygen atoms in total. The van der Waals surface area contributed by atoms with Crippen molar-refractivity contribution in [1.82, 2.24) is 0 Å². The molecule has 0 N–H and O–H groups in total. The molecular formula is C14H28OS2. The molecule has 3 heteroatoms. The molecule has 0 aliphatic heterocycles. The second kappa shape index (κ2) is 12.8. The minimum Gasteiger partial charge on any atom is -0.299 e. The molecule has 0 aromatic carbocycles. The molecule has 0 heterocycles. The number of carbonyl (C=O) groups is 1. The van der Waals surface area contributed by atoms with E-state index in [1.165, 1.54) is 38.5 Å². The van der Waals surface area contributed by atoms with Crippen molar-refractivity contribution >= 4 is 29.3 Å². The summed E-state index contributed by atoms with van der Waals surface area (Å²) in [6.07, 6.45) is 8.96. The Labute approximate surface area is 116 Å². The lowest BCUT2D eigenvalue weighted by Crippen LogP contribution is -2.13. The van der Waals surface area contributed by atoms with Gasteiger partial charge < -0.3 is 0 Å². The van der Waals surface area contributed by atoms with Gasteiger partial charge in [-0.25, -0.2) is 0 Å². The maximum atomic E-state index is 11.5. The zero-order chi connectivity index (χ0) is 12.9. The first kappa shape index (κ1) is 17.4. The Hall–Kier alpha value is 0.370. The molecule has 0 amide bonds. The predicted octanol–water partition coefficient (Wildman–Crippen LogP) is 5.14. The van der Waals surface area contributed by atoms with Gasteiger partial charge in [0.2, 0.25) is 0 Å². The molecule has 0 bridgehead atoms. The molecule has 0 aliphatic carbocycles. The molecule has 0 fully saturated rings. The van der Waals surface area contributed by atoms with Gasteiger partial charge in [0.05, 0.1) is 5.25 Å². The van der Waals surface area contributed by atoms with Crippen LogP contribution in [0.3, 0.4) is 0 Å². The van der Waals surface area contributed by atoms with Crippen molar-refractivity contribution in [3.8, 4) is 0 Å². The molecule has 0 saturated heterocycles. The average molecular weight is 277 g/mol. The molecule has 0 saturated carbocycles. The van der Waals surface area contributed by atoms with Crippen LogP contribution in [0.1, 0.15) is 65.7 Å². The molecule has 17 heavy (non-hydrogen) atoms. The van der Waals surface area contributed by atoms with Gasteiger partial charge in [0.15, 0.2) is 0 Å². The van der Waals surface area contributed by atoms with Crippen molar-refractivity contribution in [2.45, 2.75) is 71.0 Å². The number of thioether (sulfide) groups is 2. The minimum absolute atomic E-state index is 0.250. The maximum Gasteiger partial charge on any atom is 0.142 e. The highest BCUT2D eigenvalue weighted by Crippen LogP contribution is 2.23. The van der Waals surface area contributed by atoms with Crippen molar-refractivity contribution in [2.24, 2.45) is 0 Å². The topological polar surface area (TPSA) is 17.1 Å². The van der Waals surface area contributed by atoms with Crippen LogP contribution in [-0.4, -0.2) is 21.9 Å². The SMILES string of the molecule is CCCCCCCCC(SCSCC)C(C)=O. The largest absolute Gasteiger partial charge is 0.299 e.